The van der Waals surface area contributed by atoms with Crippen LogP contribution in [0.2, 0.25) is 0 Å². The number of benzene rings is 1. The van der Waals surface area contributed by atoms with Crippen LogP contribution in [0.4, 0.5) is 10.1 Å². The van der Waals surface area contributed by atoms with Gasteiger partial charge in [-0.1, -0.05) is 0 Å². The summed E-state index contributed by atoms with van der Waals surface area (Å²) in [4.78, 5) is 0. The third-order valence-electron chi connectivity index (χ3n) is 1.71. The standard InChI is InChI=1S/C10H10BrFN2/c11-9-7-8(12)3-4-10(9)14-6-2-1-5-13/h3-4,7,14H,1-2,6H2. The zero-order valence-corrected chi connectivity index (χ0v) is 9.14. The van der Waals surface area contributed by atoms with Crippen LogP contribution in [0.1, 0.15) is 12.8 Å². The molecule has 1 aromatic rings. The van der Waals surface area contributed by atoms with Gasteiger partial charge in [0.15, 0.2) is 0 Å². The number of rotatable bonds is 4. The lowest BCUT2D eigenvalue weighted by Crippen LogP contribution is -2.01. The molecule has 0 aliphatic rings. The second-order valence-electron chi connectivity index (χ2n) is 2.81. The molecular formula is C10H10BrFN2. The van der Waals surface area contributed by atoms with E-state index in [4.69, 9.17) is 5.26 Å². The van der Waals surface area contributed by atoms with E-state index in [1.165, 1.54) is 12.1 Å². The molecule has 1 N–H and O–H groups in total. The van der Waals surface area contributed by atoms with Crippen LogP contribution in [0.3, 0.4) is 0 Å². The van der Waals surface area contributed by atoms with Gasteiger partial charge in [0.25, 0.3) is 0 Å². The molecule has 2 nitrogen and oxygen atoms in total. The summed E-state index contributed by atoms with van der Waals surface area (Å²) in [6.07, 6.45) is 1.33. The Bertz CT molecular complexity index is 346. The third-order valence-corrected chi connectivity index (χ3v) is 2.37. The summed E-state index contributed by atoms with van der Waals surface area (Å²) in [6.45, 7) is 0.720. The number of hydrogen-bond donors (Lipinski definition) is 1. The van der Waals surface area contributed by atoms with E-state index in [1.54, 1.807) is 6.07 Å². The monoisotopic (exact) mass is 256 g/mol. The second-order valence-corrected chi connectivity index (χ2v) is 3.67. The Morgan fingerprint density at radius 1 is 1.50 bits per heavy atom. The highest BCUT2D eigenvalue weighted by molar-refractivity contribution is 9.10. The Hall–Kier alpha value is -1.08. The molecule has 0 fully saturated rings. The van der Waals surface area contributed by atoms with Gasteiger partial charge in [-0.2, -0.15) is 5.26 Å². The minimum atomic E-state index is -0.264. The normalized spacial score (nSPS) is 9.50. The number of nitrogens with zero attached hydrogens (tertiary/aromatic N) is 1. The SMILES string of the molecule is N#CCCCNc1ccc(F)cc1Br. The van der Waals surface area contributed by atoms with E-state index in [2.05, 4.69) is 27.3 Å². The molecule has 0 atom stereocenters. The first-order chi connectivity index (χ1) is 6.74. The lowest BCUT2D eigenvalue weighted by Gasteiger charge is -2.06. The lowest BCUT2D eigenvalue weighted by molar-refractivity contribution is 0.627. The van der Waals surface area contributed by atoms with Crippen LogP contribution in [-0.4, -0.2) is 6.54 Å². The summed E-state index contributed by atoms with van der Waals surface area (Å²) >= 11 is 3.25. The fraction of sp³-hybridized carbons (Fsp3) is 0.300. The molecule has 1 rings (SSSR count). The molecule has 0 aliphatic carbocycles. The fourth-order valence-electron chi connectivity index (χ4n) is 1.02. The Morgan fingerprint density at radius 2 is 2.29 bits per heavy atom. The minimum Gasteiger partial charge on any atom is -0.384 e. The van der Waals surface area contributed by atoms with E-state index < -0.39 is 0 Å². The second kappa shape index (κ2) is 5.61. The molecule has 0 saturated carbocycles. The van der Waals surface area contributed by atoms with E-state index in [9.17, 15) is 4.39 Å². The van der Waals surface area contributed by atoms with Gasteiger partial charge in [0.1, 0.15) is 5.82 Å². The number of nitrogens with one attached hydrogen (secondary N) is 1. The molecule has 0 aromatic heterocycles. The Labute approximate surface area is 90.9 Å². The van der Waals surface area contributed by atoms with Gasteiger partial charge in [-0.05, 0) is 40.5 Å². The maximum atomic E-state index is 12.7. The summed E-state index contributed by atoms with van der Waals surface area (Å²) in [6, 6.07) is 6.55. The molecule has 0 spiro atoms. The largest absolute Gasteiger partial charge is 0.384 e. The number of nitriles is 1. The van der Waals surface area contributed by atoms with Crippen LogP contribution in [0.25, 0.3) is 0 Å². The van der Waals surface area contributed by atoms with Gasteiger partial charge in [-0.3, -0.25) is 0 Å². The van der Waals surface area contributed by atoms with Crippen molar-refractivity contribution in [3.8, 4) is 6.07 Å². The highest BCUT2D eigenvalue weighted by atomic mass is 79.9. The van der Waals surface area contributed by atoms with Crippen molar-refractivity contribution in [2.75, 3.05) is 11.9 Å². The van der Waals surface area contributed by atoms with Crippen molar-refractivity contribution in [2.45, 2.75) is 12.8 Å². The molecule has 0 unspecified atom stereocenters. The smallest absolute Gasteiger partial charge is 0.124 e. The lowest BCUT2D eigenvalue weighted by atomic mass is 10.3. The first-order valence-electron chi connectivity index (χ1n) is 4.30. The predicted octanol–water partition coefficient (Wildman–Crippen LogP) is 3.30. The molecule has 0 heterocycles. The van der Waals surface area contributed by atoms with E-state index in [1.807, 2.05) is 0 Å². The minimum absolute atomic E-state index is 0.264. The molecular weight excluding hydrogens is 247 g/mol. The van der Waals surface area contributed by atoms with Gasteiger partial charge in [-0.25, -0.2) is 4.39 Å². The maximum Gasteiger partial charge on any atom is 0.124 e. The highest BCUT2D eigenvalue weighted by Gasteiger charge is 1.99. The molecule has 74 valence electrons. The van der Waals surface area contributed by atoms with Gasteiger partial charge in [0.2, 0.25) is 0 Å². The summed E-state index contributed by atoms with van der Waals surface area (Å²) in [5, 5.41) is 11.4. The quantitative estimate of drug-likeness (QED) is 0.840. The van der Waals surface area contributed by atoms with Crippen molar-refractivity contribution >= 4 is 21.6 Å². The van der Waals surface area contributed by atoms with Gasteiger partial charge < -0.3 is 5.32 Å². The first kappa shape index (κ1) is 11.0. The molecule has 14 heavy (non-hydrogen) atoms. The summed E-state index contributed by atoms with van der Waals surface area (Å²) in [7, 11) is 0. The van der Waals surface area contributed by atoms with Crippen LogP contribution in [0, 0.1) is 17.1 Å². The molecule has 4 heteroatoms. The fourth-order valence-corrected chi connectivity index (χ4v) is 1.51. The first-order valence-corrected chi connectivity index (χ1v) is 5.09. The molecule has 0 radical (unpaired) electrons. The van der Waals surface area contributed by atoms with E-state index >= 15 is 0 Å². The van der Waals surface area contributed by atoms with Crippen LogP contribution in [0.15, 0.2) is 22.7 Å². The molecule has 0 aliphatic heterocycles. The molecule has 0 bridgehead atoms. The number of unbranched alkanes of at least 4 members (excludes halogenated alkanes) is 1. The Balaban J connectivity index is 2.47. The summed E-state index contributed by atoms with van der Waals surface area (Å²) in [5.74, 6) is -0.264. The van der Waals surface area contributed by atoms with Gasteiger partial charge in [0, 0.05) is 23.1 Å². The summed E-state index contributed by atoms with van der Waals surface area (Å²) in [5.41, 5.74) is 0.851. The van der Waals surface area contributed by atoms with Crippen LogP contribution in [-0.2, 0) is 0 Å². The van der Waals surface area contributed by atoms with Crippen molar-refractivity contribution in [1.82, 2.24) is 0 Å². The Morgan fingerprint density at radius 3 is 2.93 bits per heavy atom. The maximum absolute atomic E-state index is 12.7. The number of hydrogen-bond acceptors (Lipinski definition) is 2. The van der Waals surface area contributed by atoms with Crippen LogP contribution < -0.4 is 5.32 Å². The van der Waals surface area contributed by atoms with Crippen LogP contribution in [0.5, 0.6) is 0 Å². The van der Waals surface area contributed by atoms with Gasteiger partial charge in [-0.15, -0.1) is 0 Å². The molecule has 0 saturated heterocycles. The summed E-state index contributed by atoms with van der Waals surface area (Å²) < 4.78 is 13.4. The third kappa shape index (κ3) is 3.35. The van der Waals surface area contributed by atoms with Crippen molar-refractivity contribution in [1.29, 1.82) is 5.26 Å². The Kier molecular flexibility index (Phi) is 4.41. The van der Waals surface area contributed by atoms with Crippen molar-refractivity contribution in [2.24, 2.45) is 0 Å². The average molecular weight is 257 g/mol. The predicted molar refractivity (Wildman–Crippen MR) is 57.4 cm³/mol. The molecule has 1 aromatic carbocycles. The van der Waals surface area contributed by atoms with Crippen molar-refractivity contribution in [3.05, 3.63) is 28.5 Å². The molecule has 0 amide bonds. The van der Waals surface area contributed by atoms with E-state index in [-0.39, 0.29) is 5.82 Å². The topological polar surface area (TPSA) is 35.8 Å². The van der Waals surface area contributed by atoms with E-state index in [0.717, 1.165) is 18.7 Å². The van der Waals surface area contributed by atoms with Crippen molar-refractivity contribution in [3.63, 3.8) is 0 Å². The van der Waals surface area contributed by atoms with Crippen molar-refractivity contribution < 1.29 is 4.39 Å². The number of halogens is 2. The number of anilines is 1. The highest BCUT2D eigenvalue weighted by Crippen LogP contribution is 2.22. The zero-order chi connectivity index (χ0) is 10.4. The van der Waals surface area contributed by atoms with Gasteiger partial charge in [0.05, 0.1) is 6.07 Å². The van der Waals surface area contributed by atoms with Gasteiger partial charge >= 0.3 is 0 Å². The van der Waals surface area contributed by atoms with Crippen LogP contribution >= 0.6 is 15.9 Å². The van der Waals surface area contributed by atoms with E-state index in [0.29, 0.717) is 10.9 Å². The average Bonchev–Trinajstić information content (AvgIpc) is 2.15. The zero-order valence-electron chi connectivity index (χ0n) is 7.56.